The van der Waals surface area contributed by atoms with Crippen LogP contribution in [0.3, 0.4) is 0 Å². The number of halogens is 1. The number of unbranched alkanes of at least 4 members (excludes halogenated alkanes) is 1. The number of carbonyl (C=O) groups excluding carboxylic acids is 2. The van der Waals surface area contributed by atoms with Gasteiger partial charge in [-0.25, -0.2) is 4.79 Å². The molecule has 1 N–H and O–H groups in total. The number of benzene rings is 2. The lowest BCUT2D eigenvalue weighted by molar-refractivity contribution is 0.0870. The fraction of sp³-hybridized carbons (Fsp3) is 0.320. The highest BCUT2D eigenvalue weighted by Crippen LogP contribution is 2.25. The molecule has 2 aromatic carbocycles. The summed E-state index contributed by atoms with van der Waals surface area (Å²) in [5.74, 6) is 0.521. The SMILES string of the molecule is CCCCN(CCOc1cccc2ccccc12)C(=O)OCCNC(=O)c1cncc(Br)c1. The minimum absolute atomic E-state index is 0.0822. The van der Waals surface area contributed by atoms with E-state index in [1.54, 1.807) is 17.2 Å². The molecule has 7 nitrogen and oxygen atoms in total. The molecule has 3 aromatic rings. The minimum atomic E-state index is -0.414. The van der Waals surface area contributed by atoms with Crippen LogP contribution in [0.5, 0.6) is 5.75 Å². The van der Waals surface area contributed by atoms with E-state index in [1.165, 1.54) is 6.20 Å². The third-order valence-electron chi connectivity index (χ3n) is 4.99. The Morgan fingerprint density at radius 2 is 1.88 bits per heavy atom. The van der Waals surface area contributed by atoms with Gasteiger partial charge < -0.3 is 19.7 Å². The van der Waals surface area contributed by atoms with Gasteiger partial charge >= 0.3 is 6.09 Å². The van der Waals surface area contributed by atoms with Gasteiger partial charge in [-0.15, -0.1) is 0 Å². The third kappa shape index (κ3) is 7.46. The summed E-state index contributed by atoms with van der Waals surface area (Å²) in [7, 11) is 0. The Labute approximate surface area is 202 Å². The van der Waals surface area contributed by atoms with E-state index in [0.29, 0.717) is 25.3 Å². The molecule has 0 saturated carbocycles. The number of rotatable bonds is 11. The Kier molecular flexibility index (Phi) is 9.50. The van der Waals surface area contributed by atoms with Gasteiger partial charge in [-0.2, -0.15) is 0 Å². The highest BCUT2D eigenvalue weighted by Gasteiger charge is 2.15. The Morgan fingerprint density at radius 3 is 2.70 bits per heavy atom. The van der Waals surface area contributed by atoms with E-state index in [0.717, 1.165) is 33.8 Å². The van der Waals surface area contributed by atoms with Gasteiger partial charge in [0, 0.05) is 28.8 Å². The first-order chi connectivity index (χ1) is 16.1. The average molecular weight is 514 g/mol. The number of hydrogen-bond acceptors (Lipinski definition) is 5. The van der Waals surface area contributed by atoms with Gasteiger partial charge in [0.05, 0.1) is 18.7 Å². The molecular weight excluding hydrogens is 486 g/mol. The van der Waals surface area contributed by atoms with Gasteiger partial charge in [-0.05, 0) is 39.9 Å². The van der Waals surface area contributed by atoms with Crippen molar-refractivity contribution in [3.05, 3.63) is 71.0 Å². The smallest absolute Gasteiger partial charge is 0.409 e. The summed E-state index contributed by atoms with van der Waals surface area (Å²) < 4.78 is 12.1. The maximum atomic E-state index is 12.6. The summed E-state index contributed by atoms with van der Waals surface area (Å²) in [6, 6.07) is 15.6. The second-order valence-electron chi connectivity index (χ2n) is 7.43. The first-order valence-corrected chi connectivity index (χ1v) is 11.8. The van der Waals surface area contributed by atoms with Crippen LogP contribution in [0.2, 0.25) is 0 Å². The number of pyridine rings is 1. The zero-order valence-corrected chi connectivity index (χ0v) is 20.2. The summed E-state index contributed by atoms with van der Waals surface area (Å²) >= 11 is 3.29. The summed E-state index contributed by atoms with van der Waals surface area (Å²) in [6.07, 6.45) is 4.51. The topological polar surface area (TPSA) is 80.8 Å². The summed E-state index contributed by atoms with van der Waals surface area (Å²) in [6.45, 7) is 3.73. The van der Waals surface area contributed by atoms with E-state index in [-0.39, 0.29) is 19.1 Å². The quantitative estimate of drug-likeness (QED) is 0.363. The predicted molar refractivity (Wildman–Crippen MR) is 132 cm³/mol. The fourth-order valence-electron chi connectivity index (χ4n) is 3.26. The van der Waals surface area contributed by atoms with Crippen molar-refractivity contribution in [2.75, 3.05) is 32.8 Å². The van der Waals surface area contributed by atoms with Gasteiger partial charge in [-0.3, -0.25) is 9.78 Å². The summed E-state index contributed by atoms with van der Waals surface area (Å²) in [5, 5.41) is 4.88. The molecular formula is C25H28BrN3O4. The second kappa shape index (κ2) is 12.8. The molecule has 0 saturated heterocycles. The number of aromatic nitrogens is 1. The van der Waals surface area contributed by atoms with E-state index in [4.69, 9.17) is 9.47 Å². The standard InChI is InChI=1S/C25H28BrN3O4/c1-2-3-12-29(13-15-32-23-10-6-8-19-7-4-5-9-22(19)23)25(31)33-14-11-28-24(30)20-16-21(26)18-27-17-20/h4-10,16-18H,2-3,11-15H2,1H3,(H,28,30). The molecule has 0 fully saturated rings. The van der Waals surface area contributed by atoms with Crippen LogP contribution < -0.4 is 10.1 Å². The van der Waals surface area contributed by atoms with Crippen molar-refractivity contribution in [3.8, 4) is 5.75 Å². The number of carbonyl (C=O) groups is 2. The molecule has 1 aromatic heterocycles. The second-order valence-corrected chi connectivity index (χ2v) is 8.34. The zero-order chi connectivity index (χ0) is 23.5. The number of amides is 2. The molecule has 0 bridgehead atoms. The van der Waals surface area contributed by atoms with E-state index >= 15 is 0 Å². The lowest BCUT2D eigenvalue weighted by Gasteiger charge is -2.22. The van der Waals surface area contributed by atoms with Crippen molar-refractivity contribution in [1.82, 2.24) is 15.2 Å². The van der Waals surface area contributed by atoms with Crippen molar-refractivity contribution in [3.63, 3.8) is 0 Å². The van der Waals surface area contributed by atoms with E-state index in [2.05, 4.69) is 33.2 Å². The highest BCUT2D eigenvalue weighted by atomic mass is 79.9. The minimum Gasteiger partial charge on any atom is -0.491 e. The van der Waals surface area contributed by atoms with Crippen LogP contribution in [-0.2, 0) is 4.74 Å². The first kappa shape index (κ1) is 24.5. The molecule has 3 rings (SSSR count). The number of ether oxygens (including phenoxy) is 2. The van der Waals surface area contributed by atoms with E-state index in [1.807, 2.05) is 42.5 Å². The largest absolute Gasteiger partial charge is 0.491 e. The van der Waals surface area contributed by atoms with Crippen molar-refractivity contribution >= 4 is 38.7 Å². The van der Waals surface area contributed by atoms with Crippen LogP contribution in [0, 0.1) is 0 Å². The number of nitrogens with zero attached hydrogens (tertiary/aromatic N) is 2. The van der Waals surface area contributed by atoms with Crippen LogP contribution in [0.15, 0.2) is 65.4 Å². The monoisotopic (exact) mass is 513 g/mol. The fourth-order valence-corrected chi connectivity index (χ4v) is 3.63. The van der Waals surface area contributed by atoms with Crippen molar-refractivity contribution < 1.29 is 19.1 Å². The maximum absolute atomic E-state index is 12.6. The molecule has 0 unspecified atom stereocenters. The normalized spacial score (nSPS) is 10.6. The van der Waals surface area contributed by atoms with Gasteiger partial charge in [0.25, 0.3) is 5.91 Å². The number of nitrogens with one attached hydrogen (secondary N) is 1. The zero-order valence-electron chi connectivity index (χ0n) is 18.6. The van der Waals surface area contributed by atoms with Crippen LogP contribution in [0.25, 0.3) is 10.8 Å². The highest BCUT2D eigenvalue weighted by molar-refractivity contribution is 9.10. The molecule has 0 aliphatic rings. The van der Waals surface area contributed by atoms with Gasteiger partial charge in [-0.1, -0.05) is 49.7 Å². The van der Waals surface area contributed by atoms with E-state index in [9.17, 15) is 9.59 Å². The Bertz CT molecular complexity index is 1070. The van der Waals surface area contributed by atoms with Crippen LogP contribution >= 0.6 is 15.9 Å². The molecule has 0 radical (unpaired) electrons. The Hall–Kier alpha value is -3.13. The Morgan fingerprint density at radius 1 is 1.06 bits per heavy atom. The van der Waals surface area contributed by atoms with Gasteiger partial charge in [0.15, 0.2) is 0 Å². The van der Waals surface area contributed by atoms with Crippen molar-refractivity contribution in [2.45, 2.75) is 19.8 Å². The third-order valence-corrected chi connectivity index (χ3v) is 5.42. The van der Waals surface area contributed by atoms with Crippen LogP contribution in [0.4, 0.5) is 4.79 Å². The first-order valence-electron chi connectivity index (χ1n) is 11.0. The molecule has 0 aliphatic heterocycles. The maximum Gasteiger partial charge on any atom is 0.409 e. The van der Waals surface area contributed by atoms with Crippen molar-refractivity contribution in [2.24, 2.45) is 0 Å². The predicted octanol–water partition coefficient (Wildman–Crippen LogP) is 5.04. The number of hydrogen-bond donors (Lipinski definition) is 1. The summed E-state index contributed by atoms with van der Waals surface area (Å²) in [4.78, 5) is 30.3. The Balaban J connectivity index is 1.46. The molecule has 0 spiro atoms. The molecule has 0 atom stereocenters. The molecule has 174 valence electrons. The van der Waals surface area contributed by atoms with Crippen molar-refractivity contribution in [1.29, 1.82) is 0 Å². The van der Waals surface area contributed by atoms with E-state index < -0.39 is 6.09 Å². The summed E-state index contributed by atoms with van der Waals surface area (Å²) in [5.41, 5.74) is 0.436. The van der Waals surface area contributed by atoms with Crippen LogP contribution in [-0.4, -0.2) is 54.7 Å². The number of fused-ring (bicyclic) bond motifs is 1. The van der Waals surface area contributed by atoms with Crippen LogP contribution in [0.1, 0.15) is 30.1 Å². The lowest BCUT2D eigenvalue weighted by atomic mass is 10.1. The van der Waals surface area contributed by atoms with Gasteiger partial charge in [0.2, 0.25) is 0 Å². The lowest BCUT2D eigenvalue weighted by Crippen LogP contribution is -2.37. The van der Waals surface area contributed by atoms with Gasteiger partial charge in [0.1, 0.15) is 19.0 Å². The molecule has 0 aliphatic carbocycles. The molecule has 2 amide bonds. The molecule has 8 heteroatoms. The molecule has 1 heterocycles. The average Bonchev–Trinajstić information content (AvgIpc) is 2.83. The molecule has 33 heavy (non-hydrogen) atoms.